The van der Waals surface area contributed by atoms with Crippen LogP contribution in [0.15, 0.2) is 121 Å². The van der Waals surface area contributed by atoms with Gasteiger partial charge in [0.2, 0.25) is 0 Å². The van der Waals surface area contributed by atoms with Crippen molar-refractivity contribution in [2.45, 2.75) is 41.5 Å². The van der Waals surface area contributed by atoms with E-state index in [0.717, 1.165) is 0 Å². The Balaban J connectivity index is 1.58. The van der Waals surface area contributed by atoms with Gasteiger partial charge >= 0.3 is 0 Å². The summed E-state index contributed by atoms with van der Waals surface area (Å²) in [4.78, 5) is 0. The number of aryl methyl sites for hydroxylation is 6. The van der Waals surface area contributed by atoms with Gasteiger partial charge in [-0.2, -0.15) is 0 Å². The van der Waals surface area contributed by atoms with Crippen molar-refractivity contribution in [3.63, 3.8) is 0 Å². The van der Waals surface area contributed by atoms with Gasteiger partial charge in [-0.15, -0.1) is 0 Å². The molecular formula is C42H40N2P2. The molecule has 0 unspecified atom stereocenters. The molecule has 0 saturated carbocycles. The molecule has 0 aliphatic carbocycles. The van der Waals surface area contributed by atoms with E-state index < -0.39 is 15.8 Å². The van der Waals surface area contributed by atoms with Crippen molar-refractivity contribution >= 4 is 70.4 Å². The second kappa shape index (κ2) is 12.5. The fourth-order valence-corrected chi connectivity index (χ4v) is 11.1. The van der Waals surface area contributed by atoms with Gasteiger partial charge in [-0.1, -0.05) is 108 Å². The van der Waals surface area contributed by atoms with Gasteiger partial charge in [0.1, 0.15) is 0 Å². The van der Waals surface area contributed by atoms with Gasteiger partial charge in [0.05, 0.1) is 0 Å². The number of fused-ring (bicyclic) bond motifs is 4. The van der Waals surface area contributed by atoms with Crippen molar-refractivity contribution in [1.29, 1.82) is 0 Å². The first kappa shape index (κ1) is 30.4. The minimum atomic E-state index is -0.901. The Bertz CT molecular complexity index is 1810. The Hall–Kier alpha value is -4.22. The van der Waals surface area contributed by atoms with Crippen LogP contribution in [0.5, 0.6) is 0 Å². The average Bonchev–Trinajstić information content (AvgIpc) is 3.02. The van der Waals surface area contributed by atoms with Gasteiger partial charge in [0.15, 0.2) is 0 Å². The molecule has 46 heavy (non-hydrogen) atoms. The van der Waals surface area contributed by atoms with E-state index in [2.05, 4.69) is 174 Å². The Morgan fingerprint density at radius 2 is 0.543 bits per heavy atom. The molecule has 6 aromatic rings. The van der Waals surface area contributed by atoms with Crippen LogP contribution in [0.3, 0.4) is 0 Å². The molecule has 228 valence electrons. The Kier molecular flexibility index (Phi) is 8.29. The predicted molar refractivity (Wildman–Crippen MR) is 205 cm³/mol. The first-order chi connectivity index (χ1) is 22.2. The zero-order valence-corrected chi connectivity index (χ0v) is 29.2. The Labute approximate surface area is 276 Å². The first-order valence-corrected chi connectivity index (χ1v) is 18.6. The van der Waals surface area contributed by atoms with Gasteiger partial charge in [0, 0.05) is 44.0 Å². The molecule has 0 saturated heterocycles. The summed E-state index contributed by atoms with van der Waals surface area (Å²) < 4.78 is 0. The summed E-state index contributed by atoms with van der Waals surface area (Å²) >= 11 is 0. The number of hydrogen-bond acceptors (Lipinski definition) is 2. The van der Waals surface area contributed by atoms with Crippen LogP contribution in [0.1, 0.15) is 33.4 Å². The van der Waals surface area contributed by atoms with E-state index in [1.165, 1.54) is 88.0 Å². The molecule has 4 heteroatoms. The first-order valence-electron chi connectivity index (χ1n) is 15.9. The second-order valence-corrected chi connectivity index (χ2v) is 17.0. The molecule has 0 aromatic heterocycles. The second-order valence-electron chi connectivity index (χ2n) is 12.7. The molecule has 1 heterocycles. The third-order valence-electron chi connectivity index (χ3n) is 8.69. The van der Waals surface area contributed by atoms with Crippen LogP contribution >= 0.6 is 15.8 Å². The third-order valence-corrected chi connectivity index (χ3v) is 13.8. The molecule has 1 aliphatic heterocycles. The number of anilines is 4. The van der Waals surface area contributed by atoms with Crippen LogP contribution in [0.2, 0.25) is 0 Å². The lowest BCUT2D eigenvalue weighted by molar-refractivity contribution is 1.44. The fourth-order valence-electron chi connectivity index (χ4n) is 6.27. The fraction of sp³-hybridized carbons (Fsp3) is 0.143. The van der Waals surface area contributed by atoms with Gasteiger partial charge in [-0.25, -0.2) is 0 Å². The number of hydrogen-bond donors (Lipinski definition) is 2. The van der Waals surface area contributed by atoms with Crippen molar-refractivity contribution in [2.75, 3.05) is 10.6 Å². The smallest absolute Gasteiger partial charge is 0.0471 e. The van der Waals surface area contributed by atoms with Crippen molar-refractivity contribution < 1.29 is 0 Å². The molecule has 0 spiro atoms. The van der Waals surface area contributed by atoms with Gasteiger partial charge in [-0.05, 0) is 115 Å². The average molecular weight is 635 g/mol. The monoisotopic (exact) mass is 634 g/mol. The highest BCUT2D eigenvalue weighted by atomic mass is 31.1. The van der Waals surface area contributed by atoms with Crippen molar-refractivity contribution in [3.8, 4) is 0 Å². The van der Waals surface area contributed by atoms with Crippen LogP contribution in [0.25, 0.3) is 0 Å². The van der Waals surface area contributed by atoms with E-state index >= 15 is 0 Å². The summed E-state index contributed by atoms with van der Waals surface area (Å²) in [6, 6.07) is 46.2. The normalized spacial score (nSPS) is 15.5. The van der Waals surface area contributed by atoms with E-state index in [-0.39, 0.29) is 0 Å². The maximum absolute atomic E-state index is 4.06. The van der Waals surface area contributed by atoms with Gasteiger partial charge in [-0.3, -0.25) is 0 Å². The molecule has 0 bridgehead atoms. The molecule has 0 atom stereocenters. The van der Waals surface area contributed by atoms with E-state index in [1.54, 1.807) is 0 Å². The molecule has 0 amide bonds. The summed E-state index contributed by atoms with van der Waals surface area (Å²) in [6.45, 7) is 13.1. The van der Waals surface area contributed by atoms with Crippen molar-refractivity contribution in [2.24, 2.45) is 0 Å². The summed E-state index contributed by atoms with van der Waals surface area (Å²) in [6.07, 6.45) is 0. The van der Waals surface area contributed by atoms with E-state index in [1.807, 2.05) is 0 Å². The standard InChI is InChI=1S/C42H40N2P2/c1-27-7-15-33(16-8-27)45-39-19-11-29(3)23-35(39)43-37-25-31(5)13-21-41(37)46(34-17-9-28(2)10-18-34)42-22-14-32(6)26-38(42)44-36-24-30(4)12-20-40(36)45/h7-26,43-44H,1-6H3. The zero-order valence-electron chi connectivity index (χ0n) is 27.4. The SMILES string of the molecule is Cc1ccc(P2c3ccc(C)cc3Nc3cc(C)ccc3P(c3ccc(C)cc3)c3ccc(C)cc3Nc3cc(C)ccc32)cc1. The van der Waals surface area contributed by atoms with Crippen LogP contribution in [-0.2, 0) is 0 Å². The van der Waals surface area contributed by atoms with Crippen LogP contribution in [0, 0.1) is 41.5 Å². The quantitative estimate of drug-likeness (QED) is 0.186. The third kappa shape index (κ3) is 6.01. The Morgan fingerprint density at radius 3 is 0.804 bits per heavy atom. The lowest BCUT2D eigenvalue weighted by atomic mass is 10.2. The highest BCUT2D eigenvalue weighted by Gasteiger charge is 2.28. The van der Waals surface area contributed by atoms with Crippen LogP contribution in [0.4, 0.5) is 22.7 Å². The lowest BCUT2D eigenvalue weighted by Crippen LogP contribution is -2.29. The number of nitrogens with one attached hydrogen (secondary N) is 2. The Morgan fingerprint density at radius 1 is 0.304 bits per heavy atom. The van der Waals surface area contributed by atoms with Gasteiger partial charge in [0.25, 0.3) is 0 Å². The van der Waals surface area contributed by atoms with Crippen molar-refractivity contribution in [1.82, 2.24) is 0 Å². The highest BCUT2D eigenvalue weighted by Crippen LogP contribution is 2.44. The van der Waals surface area contributed by atoms with E-state index in [0.29, 0.717) is 0 Å². The molecule has 0 radical (unpaired) electrons. The zero-order chi connectivity index (χ0) is 31.9. The summed E-state index contributed by atoms with van der Waals surface area (Å²) in [5.41, 5.74) is 12.2. The van der Waals surface area contributed by atoms with Crippen LogP contribution < -0.4 is 42.5 Å². The van der Waals surface area contributed by atoms with Crippen molar-refractivity contribution in [3.05, 3.63) is 155 Å². The van der Waals surface area contributed by atoms with Crippen LogP contribution in [-0.4, -0.2) is 0 Å². The summed E-state index contributed by atoms with van der Waals surface area (Å²) in [5, 5.41) is 16.1. The molecule has 2 N–H and O–H groups in total. The molecule has 1 aliphatic rings. The minimum absolute atomic E-state index is 0.901. The van der Waals surface area contributed by atoms with E-state index in [9.17, 15) is 0 Å². The summed E-state index contributed by atoms with van der Waals surface area (Å²) in [7, 11) is -1.80. The van der Waals surface area contributed by atoms with Gasteiger partial charge < -0.3 is 10.6 Å². The molecule has 2 nitrogen and oxygen atoms in total. The molecule has 6 aromatic carbocycles. The maximum atomic E-state index is 4.06. The summed E-state index contributed by atoms with van der Waals surface area (Å²) in [5.74, 6) is 0. The minimum Gasteiger partial charge on any atom is -0.354 e. The largest absolute Gasteiger partial charge is 0.354 e. The predicted octanol–water partition coefficient (Wildman–Crippen LogP) is 8.85. The topological polar surface area (TPSA) is 24.1 Å². The molecule has 7 rings (SSSR count). The van der Waals surface area contributed by atoms with E-state index in [4.69, 9.17) is 0 Å². The number of rotatable bonds is 2. The number of benzene rings is 6. The molecular weight excluding hydrogens is 594 g/mol. The molecule has 0 fully saturated rings. The maximum Gasteiger partial charge on any atom is 0.0471 e. The lowest BCUT2D eigenvalue weighted by Gasteiger charge is -2.30. The highest BCUT2D eigenvalue weighted by molar-refractivity contribution is 7.81.